The van der Waals surface area contributed by atoms with Crippen molar-refractivity contribution in [3.8, 4) is 0 Å². The van der Waals surface area contributed by atoms with E-state index in [4.69, 9.17) is 0 Å². The molecule has 2 aromatic rings. The van der Waals surface area contributed by atoms with Crippen LogP contribution in [0.5, 0.6) is 0 Å². The summed E-state index contributed by atoms with van der Waals surface area (Å²) in [5.41, 5.74) is 0.903. The van der Waals surface area contributed by atoms with Gasteiger partial charge >= 0.3 is 0 Å². The lowest BCUT2D eigenvalue weighted by Gasteiger charge is -2.17. The zero-order chi connectivity index (χ0) is 16.3. The van der Waals surface area contributed by atoms with Gasteiger partial charge in [-0.15, -0.1) is 0 Å². The maximum atomic E-state index is 12.3. The zero-order valence-corrected chi connectivity index (χ0v) is 15.0. The molecule has 23 heavy (non-hydrogen) atoms. The highest BCUT2D eigenvalue weighted by molar-refractivity contribution is 9.10. The van der Waals surface area contributed by atoms with E-state index in [9.17, 15) is 8.42 Å². The molecule has 0 unspecified atom stereocenters. The fourth-order valence-electron chi connectivity index (χ4n) is 2.59. The maximum absolute atomic E-state index is 12.3. The molecule has 1 fully saturated rings. The molecular formula is C16H18BrN3O2S. The van der Waals surface area contributed by atoms with E-state index in [2.05, 4.69) is 30.5 Å². The fourth-order valence-corrected chi connectivity index (χ4v) is 4.20. The topological polar surface area (TPSA) is 62.3 Å². The van der Waals surface area contributed by atoms with Crippen molar-refractivity contribution < 1.29 is 8.42 Å². The van der Waals surface area contributed by atoms with Crippen LogP contribution in [0.3, 0.4) is 0 Å². The number of pyridine rings is 1. The highest BCUT2D eigenvalue weighted by atomic mass is 79.9. The predicted octanol–water partition coefficient (Wildman–Crippen LogP) is 2.92. The van der Waals surface area contributed by atoms with Gasteiger partial charge in [-0.3, -0.25) is 0 Å². The maximum Gasteiger partial charge on any atom is 0.240 e. The number of anilines is 1. The minimum atomic E-state index is -3.53. The molecule has 5 nitrogen and oxygen atoms in total. The molecule has 1 saturated heterocycles. The van der Waals surface area contributed by atoms with Crippen molar-refractivity contribution in [2.75, 3.05) is 18.0 Å². The van der Waals surface area contributed by atoms with Crippen LogP contribution in [0.15, 0.2) is 52.0 Å². The van der Waals surface area contributed by atoms with Crippen LogP contribution < -0.4 is 9.62 Å². The lowest BCUT2D eigenvalue weighted by molar-refractivity contribution is 0.581. The number of nitrogens with zero attached hydrogens (tertiary/aromatic N) is 2. The number of benzene rings is 1. The Morgan fingerprint density at radius 2 is 1.96 bits per heavy atom. The Kier molecular flexibility index (Phi) is 4.99. The van der Waals surface area contributed by atoms with Crippen molar-refractivity contribution in [3.63, 3.8) is 0 Å². The summed E-state index contributed by atoms with van der Waals surface area (Å²) in [5.74, 6) is 0.918. The van der Waals surface area contributed by atoms with Gasteiger partial charge in [-0.2, -0.15) is 0 Å². The average Bonchev–Trinajstić information content (AvgIpc) is 3.08. The number of halogens is 1. The molecule has 0 radical (unpaired) electrons. The van der Waals surface area contributed by atoms with Crippen molar-refractivity contribution in [1.29, 1.82) is 0 Å². The monoisotopic (exact) mass is 395 g/mol. The van der Waals surface area contributed by atoms with E-state index in [0.29, 0.717) is 0 Å². The first-order chi connectivity index (χ1) is 11.0. The molecule has 1 aromatic carbocycles. The molecule has 0 amide bonds. The summed E-state index contributed by atoms with van der Waals surface area (Å²) < 4.78 is 28.1. The molecular weight excluding hydrogens is 378 g/mol. The van der Waals surface area contributed by atoms with Gasteiger partial charge in [0.1, 0.15) is 5.82 Å². The molecule has 0 aliphatic carbocycles. The predicted molar refractivity (Wildman–Crippen MR) is 93.9 cm³/mol. The third kappa shape index (κ3) is 4.10. The molecule has 0 bridgehead atoms. The second kappa shape index (κ2) is 6.98. The van der Waals surface area contributed by atoms with Crippen molar-refractivity contribution >= 4 is 31.8 Å². The minimum absolute atomic E-state index is 0.248. The Morgan fingerprint density at radius 3 is 2.70 bits per heavy atom. The Balaban J connectivity index is 1.71. The Bertz CT molecular complexity index is 789. The van der Waals surface area contributed by atoms with Crippen LogP contribution >= 0.6 is 15.9 Å². The Labute approximate surface area is 144 Å². The van der Waals surface area contributed by atoms with E-state index in [1.54, 1.807) is 30.5 Å². The van der Waals surface area contributed by atoms with E-state index in [0.717, 1.165) is 28.9 Å². The third-order valence-corrected chi connectivity index (χ3v) is 5.70. The van der Waals surface area contributed by atoms with Gasteiger partial charge < -0.3 is 4.90 Å². The summed E-state index contributed by atoms with van der Waals surface area (Å²) in [6, 6.07) is 10.5. The van der Waals surface area contributed by atoms with Crippen LogP contribution in [-0.4, -0.2) is 26.5 Å². The van der Waals surface area contributed by atoms with Crippen LogP contribution in [0.4, 0.5) is 5.82 Å². The van der Waals surface area contributed by atoms with Gasteiger partial charge in [0.25, 0.3) is 0 Å². The quantitative estimate of drug-likeness (QED) is 0.844. The van der Waals surface area contributed by atoms with Crippen molar-refractivity contribution in [3.05, 3.63) is 52.6 Å². The summed E-state index contributed by atoms with van der Waals surface area (Å²) in [5, 5.41) is 0. The standard InChI is InChI=1S/C16H18BrN3O2S/c17-14-4-3-5-15(11-14)23(21,22)19-12-13-6-7-18-16(10-13)20-8-1-2-9-20/h3-7,10-11,19H,1-2,8-9,12H2. The minimum Gasteiger partial charge on any atom is -0.357 e. The first-order valence-electron chi connectivity index (χ1n) is 7.50. The zero-order valence-electron chi connectivity index (χ0n) is 12.6. The smallest absolute Gasteiger partial charge is 0.240 e. The number of aromatic nitrogens is 1. The number of nitrogens with one attached hydrogen (secondary N) is 1. The van der Waals surface area contributed by atoms with Gasteiger partial charge in [0.05, 0.1) is 4.90 Å². The van der Waals surface area contributed by atoms with Crippen molar-refractivity contribution in [2.45, 2.75) is 24.3 Å². The second-order valence-electron chi connectivity index (χ2n) is 5.50. The van der Waals surface area contributed by atoms with Crippen LogP contribution in [0, 0.1) is 0 Å². The first-order valence-corrected chi connectivity index (χ1v) is 9.77. The average molecular weight is 396 g/mol. The van der Waals surface area contributed by atoms with E-state index in [1.807, 2.05) is 12.1 Å². The molecule has 1 aromatic heterocycles. The molecule has 1 aliphatic rings. The van der Waals surface area contributed by atoms with Gasteiger partial charge in [-0.1, -0.05) is 22.0 Å². The molecule has 0 atom stereocenters. The molecule has 1 N–H and O–H groups in total. The second-order valence-corrected chi connectivity index (χ2v) is 8.18. The largest absolute Gasteiger partial charge is 0.357 e. The summed E-state index contributed by atoms with van der Waals surface area (Å²) in [6.07, 6.45) is 4.10. The summed E-state index contributed by atoms with van der Waals surface area (Å²) in [6.45, 7) is 2.28. The van der Waals surface area contributed by atoms with Gasteiger partial charge in [0.15, 0.2) is 0 Å². The summed E-state index contributed by atoms with van der Waals surface area (Å²) in [7, 11) is -3.53. The third-order valence-electron chi connectivity index (χ3n) is 3.81. The molecule has 2 heterocycles. The van der Waals surface area contributed by atoms with E-state index in [-0.39, 0.29) is 11.4 Å². The van der Waals surface area contributed by atoms with Gasteiger partial charge in [-0.25, -0.2) is 18.1 Å². The van der Waals surface area contributed by atoms with Crippen molar-refractivity contribution in [1.82, 2.24) is 9.71 Å². The number of sulfonamides is 1. The van der Waals surface area contributed by atoms with Crippen LogP contribution in [0.2, 0.25) is 0 Å². The number of hydrogen-bond acceptors (Lipinski definition) is 4. The first kappa shape index (κ1) is 16.4. The molecule has 0 saturated carbocycles. The molecule has 1 aliphatic heterocycles. The van der Waals surface area contributed by atoms with Gasteiger partial charge in [-0.05, 0) is 48.7 Å². The molecule has 7 heteroatoms. The summed E-state index contributed by atoms with van der Waals surface area (Å²) >= 11 is 3.29. The number of hydrogen-bond donors (Lipinski definition) is 1. The normalized spacial score (nSPS) is 15.1. The number of rotatable bonds is 5. The van der Waals surface area contributed by atoms with E-state index >= 15 is 0 Å². The molecule has 122 valence electrons. The molecule has 3 rings (SSSR count). The Hall–Kier alpha value is -1.44. The van der Waals surface area contributed by atoms with Crippen LogP contribution in [-0.2, 0) is 16.6 Å². The fraction of sp³-hybridized carbons (Fsp3) is 0.312. The Morgan fingerprint density at radius 1 is 1.17 bits per heavy atom. The SMILES string of the molecule is O=S(=O)(NCc1ccnc(N2CCCC2)c1)c1cccc(Br)c1. The lowest BCUT2D eigenvalue weighted by Crippen LogP contribution is -2.24. The van der Waals surface area contributed by atoms with E-state index in [1.165, 1.54) is 12.8 Å². The van der Waals surface area contributed by atoms with Gasteiger partial charge in [0.2, 0.25) is 10.0 Å². The van der Waals surface area contributed by atoms with E-state index < -0.39 is 10.0 Å². The molecule has 0 spiro atoms. The highest BCUT2D eigenvalue weighted by Gasteiger charge is 2.16. The lowest BCUT2D eigenvalue weighted by atomic mass is 10.2. The van der Waals surface area contributed by atoms with Crippen molar-refractivity contribution in [2.24, 2.45) is 0 Å². The van der Waals surface area contributed by atoms with Crippen LogP contribution in [0.1, 0.15) is 18.4 Å². The summed E-state index contributed by atoms with van der Waals surface area (Å²) in [4.78, 5) is 6.86. The highest BCUT2D eigenvalue weighted by Crippen LogP contribution is 2.19. The van der Waals surface area contributed by atoms with Crippen LogP contribution in [0.25, 0.3) is 0 Å². The van der Waals surface area contributed by atoms with Gasteiger partial charge in [0, 0.05) is 30.3 Å².